The van der Waals surface area contributed by atoms with E-state index in [0.29, 0.717) is 40.9 Å². The lowest BCUT2D eigenvalue weighted by molar-refractivity contribution is 0.0951. The highest BCUT2D eigenvalue weighted by Gasteiger charge is 2.15. The normalized spacial score (nSPS) is 10.8. The monoisotopic (exact) mass is 455 g/mol. The molecule has 8 nitrogen and oxygen atoms in total. The first-order valence-corrected chi connectivity index (χ1v) is 10.6. The highest BCUT2D eigenvalue weighted by atomic mass is 35.5. The van der Waals surface area contributed by atoms with E-state index in [1.54, 1.807) is 48.5 Å². The molecule has 0 bridgehead atoms. The number of rotatable bonds is 9. The molecule has 0 spiro atoms. The molecule has 0 saturated carbocycles. The molecular formula is C23H26ClN5O3. The predicted octanol–water partition coefficient (Wildman–Crippen LogP) is 3.32. The van der Waals surface area contributed by atoms with Crippen LogP contribution in [-0.2, 0) is 0 Å². The number of carbonyl (C=O) groups is 1. The number of hydrogen-bond acceptors (Lipinski definition) is 6. The van der Waals surface area contributed by atoms with Crippen LogP contribution in [0, 0.1) is 0 Å². The van der Waals surface area contributed by atoms with Gasteiger partial charge in [0.1, 0.15) is 0 Å². The van der Waals surface area contributed by atoms with Crippen LogP contribution in [0.1, 0.15) is 17.3 Å². The molecule has 3 aromatic rings. The SMILES string of the molecule is CCOc1cnn(-c2ccc(Cl)cc2)c(=O)c1Nc1cccc(C(=O)NCCN(C)C)c1. The molecule has 0 aliphatic carbocycles. The summed E-state index contributed by atoms with van der Waals surface area (Å²) >= 11 is 5.96. The van der Waals surface area contributed by atoms with E-state index in [0.717, 1.165) is 6.54 Å². The Morgan fingerprint density at radius 2 is 1.94 bits per heavy atom. The summed E-state index contributed by atoms with van der Waals surface area (Å²) in [7, 11) is 3.89. The molecule has 2 N–H and O–H groups in total. The van der Waals surface area contributed by atoms with Crippen LogP contribution < -0.4 is 20.9 Å². The van der Waals surface area contributed by atoms with Gasteiger partial charge >= 0.3 is 0 Å². The lowest BCUT2D eigenvalue weighted by Crippen LogP contribution is -2.31. The Bertz CT molecular complexity index is 1130. The molecule has 0 aliphatic heterocycles. The zero-order chi connectivity index (χ0) is 23.1. The summed E-state index contributed by atoms with van der Waals surface area (Å²) in [5, 5.41) is 10.8. The number of likely N-dealkylation sites (N-methyl/N-ethyl adjacent to an activating group) is 1. The van der Waals surface area contributed by atoms with E-state index >= 15 is 0 Å². The van der Waals surface area contributed by atoms with Crippen LogP contribution in [0.15, 0.2) is 59.5 Å². The summed E-state index contributed by atoms with van der Waals surface area (Å²) in [4.78, 5) is 27.7. The molecular weight excluding hydrogens is 430 g/mol. The van der Waals surface area contributed by atoms with Crippen LogP contribution in [-0.4, -0.2) is 54.4 Å². The maximum absolute atomic E-state index is 13.2. The van der Waals surface area contributed by atoms with Gasteiger partial charge in [-0.15, -0.1) is 0 Å². The van der Waals surface area contributed by atoms with Crippen molar-refractivity contribution >= 4 is 28.9 Å². The van der Waals surface area contributed by atoms with Crippen molar-refractivity contribution in [2.24, 2.45) is 0 Å². The zero-order valence-corrected chi connectivity index (χ0v) is 19.0. The Hall–Kier alpha value is -3.36. The number of nitrogens with one attached hydrogen (secondary N) is 2. The summed E-state index contributed by atoms with van der Waals surface area (Å²) in [6.07, 6.45) is 1.49. The molecule has 168 valence electrons. The second-order valence-electron chi connectivity index (χ2n) is 7.28. The maximum Gasteiger partial charge on any atom is 0.299 e. The lowest BCUT2D eigenvalue weighted by atomic mass is 10.2. The number of aromatic nitrogens is 2. The molecule has 1 aromatic heterocycles. The molecule has 3 rings (SSSR count). The van der Waals surface area contributed by atoms with Crippen molar-refractivity contribution in [3.63, 3.8) is 0 Å². The van der Waals surface area contributed by atoms with Gasteiger partial charge in [0.2, 0.25) is 0 Å². The average Bonchev–Trinajstić information content (AvgIpc) is 2.77. The summed E-state index contributed by atoms with van der Waals surface area (Å²) < 4.78 is 6.87. The van der Waals surface area contributed by atoms with Crippen LogP contribution in [0.4, 0.5) is 11.4 Å². The van der Waals surface area contributed by atoms with Gasteiger partial charge in [0.05, 0.1) is 18.5 Å². The van der Waals surface area contributed by atoms with E-state index in [1.165, 1.54) is 10.9 Å². The third kappa shape index (κ3) is 5.87. The molecule has 9 heteroatoms. The van der Waals surface area contributed by atoms with Crippen molar-refractivity contribution in [3.8, 4) is 11.4 Å². The Kier molecular flexibility index (Phi) is 7.86. The molecule has 1 heterocycles. The van der Waals surface area contributed by atoms with Gasteiger partial charge in [0, 0.05) is 29.4 Å². The third-order valence-electron chi connectivity index (χ3n) is 4.55. The minimum atomic E-state index is -0.390. The van der Waals surface area contributed by atoms with Crippen LogP contribution in [0.3, 0.4) is 0 Å². The highest BCUT2D eigenvalue weighted by Crippen LogP contribution is 2.24. The van der Waals surface area contributed by atoms with Gasteiger partial charge < -0.3 is 20.3 Å². The van der Waals surface area contributed by atoms with Gasteiger partial charge in [-0.25, -0.2) is 0 Å². The number of hydrogen-bond donors (Lipinski definition) is 2. The van der Waals surface area contributed by atoms with Crippen LogP contribution in [0.2, 0.25) is 5.02 Å². The van der Waals surface area contributed by atoms with Gasteiger partial charge in [0.25, 0.3) is 11.5 Å². The fraction of sp³-hybridized carbons (Fsp3) is 0.261. The molecule has 2 aromatic carbocycles. The first kappa shape index (κ1) is 23.3. The van der Waals surface area contributed by atoms with Crippen LogP contribution >= 0.6 is 11.6 Å². The van der Waals surface area contributed by atoms with Crippen LogP contribution in [0.25, 0.3) is 5.69 Å². The van der Waals surface area contributed by atoms with Gasteiger partial charge in [-0.1, -0.05) is 17.7 Å². The predicted molar refractivity (Wildman–Crippen MR) is 127 cm³/mol. The second-order valence-corrected chi connectivity index (χ2v) is 7.71. The Morgan fingerprint density at radius 1 is 1.19 bits per heavy atom. The van der Waals surface area contributed by atoms with E-state index < -0.39 is 0 Å². The number of halogens is 1. The fourth-order valence-electron chi connectivity index (χ4n) is 2.96. The minimum Gasteiger partial charge on any atom is -0.490 e. The standard InChI is InChI=1S/C23H26ClN5O3/c1-4-32-20-15-26-29(19-10-8-17(24)9-11-19)23(31)21(20)27-18-7-5-6-16(14-18)22(30)25-12-13-28(2)3/h5-11,14-15,27H,4,12-13H2,1-3H3,(H,25,30). The largest absolute Gasteiger partial charge is 0.490 e. The van der Waals surface area contributed by atoms with E-state index in [1.807, 2.05) is 25.9 Å². The van der Waals surface area contributed by atoms with E-state index in [-0.39, 0.29) is 17.2 Å². The van der Waals surface area contributed by atoms with Crippen LogP contribution in [0.5, 0.6) is 5.75 Å². The van der Waals surface area contributed by atoms with Gasteiger partial charge in [-0.2, -0.15) is 9.78 Å². The highest BCUT2D eigenvalue weighted by molar-refractivity contribution is 6.30. The number of ether oxygens (including phenoxy) is 1. The van der Waals surface area contributed by atoms with Crippen molar-refractivity contribution in [1.82, 2.24) is 20.0 Å². The lowest BCUT2D eigenvalue weighted by Gasteiger charge is -2.15. The van der Waals surface area contributed by atoms with Crippen molar-refractivity contribution in [2.75, 3.05) is 39.1 Å². The molecule has 0 aliphatic rings. The Labute approximate surface area is 191 Å². The molecule has 32 heavy (non-hydrogen) atoms. The van der Waals surface area contributed by atoms with E-state index in [2.05, 4.69) is 15.7 Å². The smallest absolute Gasteiger partial charge is 0.299 e. The molecule has 0 atom stereocenters. The quantitative estimate of drug-likeness (QED) is 0.514. The Balaban J connectivity index is 1.90. The summed E-state index contributed by atoms with van der Waals surface area (Å²) in [5.41, 5.74) is 1.47. The fourth-order valence-corrected chi connectivity index (χ4v) is 3.09. The summed E-state index contributed by atoms with van der Waals surface area (Å²) in [6.45, 7) is 3.47. The first-order valence-electron chi connectivity index (χ1n) is 10.2. The third-order valence-corrected chi connectivity index (χ3v) is 4.80. The number of amides is 1. The topological polar surface area (TPSA) is 88.5 Å². The molecule has 1 amide bonds. The first-order chi connectivity index (χ1) is 15.4. The number of benzene rings is 2. The van der Waals surface area contributed by atoms with Crippen molar-refractivity contribution in [1.29, 1.82) is 0 Å². The van der Waals surface area contributed by atoms with E-state index in [4.69, 9.17) is 16.3 Å². The second kappa shape index (κ2) is 10.8. The van der Waals surface area contributed by atoms with Crippen molar-refractivity contribution < 1.29 is 9.53 Å². The minimum absolute atomic E-state index is 0.186. The molecule has 0 saturated heterocycles. The Morgan fingerprint density at radius 3 is 2.62 bits per heavy atom. The van der Waals surface area contributed by atoms with Gasteiger partial charge in [-0.3, -0.25) is 9.59 Å². The zero-order valence-electron chi connectivity index (χ0n) is 18.3. The van der Waals surface area contributed by atoms with Crippen molar-refractivity contribution in [3.05, 3.63) is 75.7 Å². The van der Waals surface area contributed by atoms with Gasteiger partial charge in [0.15, 0.2) is 11.4 Å². The molecule has 0 unspecified atom stereocenters. The average molecular weight is 456 g/mol. The maximum atomic E-state index is 13.2. The number of anilines is 2. The van der Waals surface area contributed by atoms with Crippen molar-refractivity contribution in [2.45, 2.75) is 6.92 Å². The summed E-state index contributed by atoms with van der Waals surface area (Å²) in [6, 6.07) is 13.7. The molecule has 0 fully saturated rings. The number of carbonyl (C=O) groups excluding carboxylic acids is 1. The summed E-state index contributed by atoms with van der Waals surface area (Å²) in [5.74, 6) is 0.136. The van der Waals surface area contributed by atoms with E-state index in [9.17, 15) is 9.59 Å². The number of nitrogens with zero attached hydrogens (tertiary/aromatic N) is 3. The molecule has 0 radical (unpaired) electrons. The van der Waals surface area contributed by atoms with Gasteiger partial charge in [-0.05, 0) is 63.5 Å².